The molecule has 0 unspecified atom stereocenters. The van der Waals surface area contributed by atoms with E-state index in [1.54, 1.807) is 6.07 Å². The second-order valence-corrected chi connectivity index (χ2v) is 7.99. The van der Waals surface area contributed by atoms with E-state index < -0.39 is 15.8 Å². The molecule has 0 bridgehead atoms. The largest absolute Gasteiger partial charge is 0.398 e. The van der Waals surface area contributed by atoms with Gasteiger partial charge in [0, 0.05) is 36.1 Å². The Morgan fingerprint density at radius 2 is 1.81 bits per heavy atom. The number of ether oxygens (including phenoxy) is 2. The predicted octanol–water partition coefficient (Wildman–Crippen LogP) is 1.56. The Kier molecular flexibility index (Phi) is 4.00. The van der Waals surface area contributed by atoms with Gasteiger partial charge in [0.2, 0.25) is 10.0 Å². The molecule has 6 nitrogen and oxygen atoms in total. The van der Waals surface area contributed by atoms with Crippen LogP contribution in [0.1, 0.15) is 12.8 Å². The lowest BCUT2D eigenvalue weighted by Gasteiger charge is -2.36. The van der Waals surface area contributed by atoms with Crippen LogP contribution in [-0.4, -0.2) is 44.8 Å². The number of halogens is 1. The molecule has 2 aliphatic rings. The van der Waals surface area contributed by atoms with E-state index in [1.165, 1.54) is 16.4 Å². The van der Waals surface area contributed by atoms with Gasteiger partial charge in [-0.3, -0.25) is 0 Å². The highest BCUT2D eigenvalue weighted by Crippen LogP contribution is 2.34. The summed E-state index contributed by atoms with van der Waals surface area (Å²) in [5.74, 6) is -0.576. The fourth-order valence-corrected chi connectivity index (χ4v) is 4.67. The fraction of sp³-hybridized carbons (Fsp3) is 0.538. The summed E-state index contributed by atoms with van der Waals surface area (Å²) in [6.07, 6.45) is 1.12. The summed E-state index contributed by atoms with van der Waals surface area (Å²) in [4.78, 5) is 0.243. The first-order chi connectivity index (χ1) is 9.93. The molecule has 1 spiro atoms. The third-order valence-corrected chi connectivity index (χ3v) is 6.49. The number of rotatable bonds is 2. The van der Waals surface area contributed by atoms with Crippen LogP contribution in [0.25, 0.3) is 0 Å². The molecule has 0 atom stereocenters. The highest BCUT2D eigenvalue weighted by molar-refractivity contribution is 9.10. The first kappa shape index (κ1) is 15.2. The van der Waals surface area contributed by atoms with Gasteiger partial charge in [-0.2, -0.15) is 4.31 Å². The van der Waals surface area contributed by atoms with Crippen LogP contribution in [0.15, 0.2) is 27.6 Å². The van der Waals surface area contributed by atoms with E-state index in [1.807, 2.05) is 0 Å². The highest BCUT2D eigenvalue weighted by Gasteiger charge is 2.42. The monoisotopic (exact) mass is 376 g/mol. The molecule has 0 aliphatic carbocycles. The van der Waals surface area contributed by atoms with Crippen LogP contribution in [0, 0.1) is 0 Å². The number of benzene rings is 1. The van der Waals surface area contributed by atoms with E-state index in [-0.39, 0.29) is 4.90 Å². The summed E-state index contributed by atoms with van der Waals surface area (Å²) < 4.78 is 38.6. The molecule has 1 aromatic rings. The second-order valence-electron chi connectivity index (χ2n) is 5.20. The zero-order valence-corrected chi connectivity index (χ0v) is 13.8. The van der Waals surface area contributed by atoms with Gasteiger partial charge >= 0.3 is 0 Å². The molecular weight excluding hydrogens is 360 g/mol. The smallest absolute Gasteiger partial charge is 0.243 e. The van der Waals surface area contributed by atoms with Gasteiger partial charge in [-0.15, -0.1) is 0 Å². The standard InChI is InChI=1S/C13H17BrN2O4S/c14-11-9-10(1-2-12(11)15)21(17,18)16-5-3-13(4-6-16)19-7-8-20-13/h1-2,9H,3-8,15H2. The molecule has 21 heavy (non-hydrogen) atoms. The number of anilines is 1. The number of hydrogen-bond acceptors (Lipinski definition) is 5. The summed E-state index contributed by atoms with van der Waals surface area (Å²) in [6, 6.07) is 4.66. The van der Waals surface area contributed by atoms with Gasteiger partial charge in [0.1, 0.15) is 0 Å². The second kappa shape index (κ2) is 5.51. The van der Waals surface area contributed by atoms with Gasteiger partial charge in [0.25, 0.3) is 0 Å². The van der Waals surface area contributed by atoms with Crippen molar-refractivity contribution in [3.05, 3.63) is 22.7 Å². The maximum Gasteiger partial charge on any atom is 0.243 e. The topological polar surface area (TPSA) is 81.9 Å². The van der Waals surface area contributed by atoms with Gasteiger partial charge in [0.05, 0.1) is 18.1 Å². The summed E-state index contributed by atoms with van der Waals surface area (Å²) in [5.41, 5.74) is 6.21. The van der Waals surface area contributed by atoms with E-state index in [2.05, 4.69) is 15.9 Å². The van der Waals surface area contributed by atoms with E-state index in [0.29, 0.717) is 49.3 Å². The summed E-state index contributed by atoms with van der Waals surface area (Å²) >= 11 is 3.26. The lowest BCUT2D eigenvalue weighted by molar-refractivity contribution is -0.179. The van der Waals surface area contributed by atoms with Gasteiger partial charge in [-0.1, -0.05) is 0 Å². The molecule has 116 valence electrons. The van der Waals surface area contributed by atoms with Crippen LogP contribution in [-0.2, 0) is 19.5 Å². The van der Waals surface area contributed by atoms with E-state index in [9.17, 15) is 8.42 Å². The number of nitrogens with two attached hydrogens (primary N) is 1. The summed E-state index contributed by atoms with van der Waals surface area (Å²) in [5, 5.41) is 0. The molecule has 8 heteroatoms. The lowest BCUT2D eigenvalue weighted by atomic mass is 10.1. The molecule has 2 heterocycles. The first-order valence-electron chi connectivity index (χ1n) is 6.76. The van der Waals surface area contributed by atoms with Gasteiger partial charge in [-0.05, 0) is 34.1 Å². The maximum atomic E-state index is 12.6. The Bertz CT molecular complexity index is 634. The van der Waals surface area contributed by atoms with Crippen molar-refractivity contribution >= 4 is 31.6 Å². The van der Waals surface area contributed by atoms with Crippen molar-refractivity contribution in [3.63, 3.8) is 0 Å². The predicted molar refractivity (Wildman–Crippen MR) is 81.2 cm³/mol. The van der Waals surface area contributed by atoms with E-state index in [4.69, 9.17) is 15.2 Å². The molecule has 3 rings (SSSR count). The summed E-state index contributed by atoms with van der Waals surface area (Å²) in [7, 11) is -3.51. The zero-order chi connectivity index (χ0) is 15.1. The maximum absolute atomic E-state index is 12.6. The van der Waals surface area contributed by atoms with Crippen LogP contribution in [0.3, 0.4) is 0 Å². The Hall–Kier alpha value is -0.670. The number of piperidine rings is 1. The van der Waals surface area contributed by atoms with Crippen molar-refractivity contribution in [1.82, 2.24) is 4.31 Å². The molecule has 2 saturated heterocycles. The number of nitrogens with zero attached hydrogens (tertiary/aromatic N) is 1. The van der Waals surface area contributed by atoms with Crippen LogP contribution in [0.4, 0.5) is 5.69 Å². The average Bonchev–Trinajstić information content (AvgIpc) is 2.90. The van der Waals surface area contributed by atoms with Crippen molar-refractivity contribution in [2.75, 3.05) is 32.0 Å². The minimum absolute atomic E-state index is 0.243. The Morgan fingerprint density at radius 3 is 2.38 bits per heavy atom. The SMILES string of the molecule is Nc1ccc(S(=O)(=O)N2CCC3(CC2)OCCO3)cc1Br. The van der Waals surface area contributed by atoms with Crippen molar-refractivity contribution in [2.24, 2.45) is 0 Å². The van der Waals surface area contributed by atoms with Gasteiger partial charge in [0.15, 0.2) is 5.79 Å². The van der Waals surface area contributed by atoms with Crippen LogP contribution in [0.2, 0.25) is 0 Å². The molecule has 0 aromatic heterocycles. The zero-order valence-electron chi connectivity index (χ0n) is 11.4. The van der Waals surface area contributed by atoms with Crippen molar-refractivity contribution in [1.29, 1.82) is 0 Å². The Labute approximate surface area is 132 Å². The average molecular weight is 377 g/mol. The Morgan fingerprint density at radius 1 is 1.19 bits per heavy atom. The molecule has 0 amide bonds. The molecule has 0 radical (unpaired) electrons. The van der Waals surface area contributed by atoms with Crippen molar-refractivity contribution in [2.45, 2.75) is 23.5 Å². The van der Waals surface area contributed by atoms with E-state index >= 15 is 0 Å². The van der Waals surface area contributed by atoms with Crippen LogP contribution >= 0.6 is 15.9 Å². The van der Waals surface area contributed by atoms with Crippen LogP contribution in [0.5, 0.6) is 0 Å². The normalized spacial score (nSPS) is 22.7. The molecular formula is C13H17BrN2O4S. The molecule has 1 aromatic carbocycles. The minimum atomic E-state index is -3.51. The Balaban J connectivity index is 1.78. The number of hydrogen-bond donors (Lipinski definition) is 1. The number of sulfonamides is 1. The quantitative estimate of drug-likeness (QED) is 0.791. The molecule has 0 saturated carbocycles. The summed E-state index contributed by atoms with van der Waals surface area (Å²) in [6.45, 7) is 1.95. The van der Waals surface area contributed by atoms with E-state index in [0.717, 1.165) is 0 Å². The highest BCUT2D eigenvalue weighted by atomic mass is 79.9. The fourth-order valence-electron chi connectivity index (χ4n) is 2.67. The third-order valence-electron chi connectivity index (χ3n) is 3.91. The molecule has 2 N–H and O–H groups in total. The van der Waals surface area contributed by atoms with Crippen LogP contribution < -0.4 is 5.73 Å². The number of nitrogen functional groups attached to an aromatic ring is 1. The lowest BCUT2D eigenvalue weighted by Crippen LogP contribution is -2.47. The van der Waals surface area contributed by atoms with Gasteiger partial charge in [-0.25, -0.2) is 8.42 Å². The first-order valence-corrected chi connectivity index (χ1v) is 8.99. The van der Waals surface area contributed by atoms with Crippen molar-refractivity contribution < 1.29 is 17.9 Å². The third kappa shape index (κ3) is 2.83. The minimum Gasteiger partial charge on any atom is -0.398 e. The van der Waals surface area contributed by atoms with Crippen molar-refractivity contribution in [3.8, 4) is 0 Å². The molecule has 2 aliphatic heterocycles. The molecule has 2 fully saturated rings. The van der Waals surface area contributed by atoms with Gasteiger partial charge < -0.3 is 15.2 Å².